The number of amides is 1. The van der Waals surface area contributed by atoms with Gasteiger partial charge in [-0.05, 0) is 43.5 Å². The second kappa shape index (κ2) is 5.87. The van der Waals surface area contributed by atoms with Gasteiger partial charge in [-0.25, -0.2) is 4.98 Å². The lowest BCUT2D eigenvalue weighted by atomic mass is 10.1. The van der Waals surface area contributed by atoms with Crippen molar-refractivity contribution in [2.75, 3.05) is 11.6 Å². The Bertz CT molecular complexity index is 794. The van der Waals surface area contributed by atoms with Crippen molar-refractivity contribution in [3.8, 4) is 0 Å². The number of benzene rings is 2. The van der Waals surface area contributed by atoms with Crippen LogP contribution in [0.15, 0.2) is 46.8 Å². The van der Waals surface area contributed by atoms with Gasteiger partial charge in [-0.3, -0.25) is 4.79 Å². The van der Waals surface area contributed by atoms with Gasteiger partial charge in [0.15, 0.2) is 4.34 Å². The van der Waals surface area contributed by atoms with Crippen LogP contribution in [0, 0.1) is 6.92 Å². The second-order valence-electron chi connectivity index (χ2n) is 4.69. The molecule has 2 aromatic carbocycles. The van der Waals surface area contributed by atoms with Crippen LogP contribution in [-0.2, 0) is 0 Å². The number of carbonyl (C=O) groups excluding carboxylic acids is 1. The molecule has 106 valence electrons. The summed E-state index contributed by atoms with van der Waals surface area (Å²) in [6.07, 6.45) is 2.01. The van der Waals surface area contributed by atoms with Crippen molar-refractivity contribution in [2.24, 2.45) is 0 Å². The molecule has 3 rings (SSSR count). The Balaban J connectivity index is 1.83. The molecule has 0 radical (unpaired) electrons. The Morgan fingerprint density at radius 1 is 1.19 bits per heavy atom. The summed E-state index contributed by atoms with van der Waals surface area (Å²) in [5, 5.41) is 2.93. The summed E-state index contributed by atoms with van der Waals surface area (Å²) >= 11 is 3.27. The lowest BCUT2D eigenvalue weighted by molar-refractivity contribution is 0.102. The van der Waals surface area contributed by atoms with Gasteiger partial charge in [0.05, 0.1) is 10.2 Å². The van der Waals surface area contributed by atoms with Crippen LogP contribution in [0.4, 0.5) is 5.69 Å². The fraction of sp³-hybridized carbons (Fsp3) is 0.125. The number of hydrogen-bond acceptors (Lipinski definition) is 4. The minimum absolute atomic E-state index is 0.0936. The molecule has 0 atom stereocenters. The first-order valence-electron chi connectivity index (χ1n) is 6.48. The highest BCUT2D eigenvalue weighted by atomic mass is 32.2. The van der Waals surface area contributed by atoms with Gasteiger partial charge in [0, 0.05) is 11.3 Å². The number of thiazole rings is 1. The summed E-state index contributed by atoms with van der Waals surface area (Å²) < 4.78 is 2.12. The summed E-state index contributed by atoms with van der Waals surface area (Å²) in [6.45, 7) is 2.00. The minimum atomic E-state index is -0.0936. The largest absolute Gasteiger partial charge is 0.322 e. The van der Waals surface area contributed by atoms with E-state index in [9.17, 15) is 4.79 Å². The molecular weight excluding hydrogens is 300 g/mol. The van der Waals surface area contributed by atoms with Crippen molar-refractivity contribution < 1.29 is 4.79 Å². The van der Waals surface area contributed by atoms with Crippen LogP contribution in [0.2, 0.25) is 0 Å². The maximum atomic E-state index is 12.2. The van der Waals surface area contributed by atoms with E-state index in [1.807, 2.05) is 55.6 Å². The zero-order valence-corrected chi connectivity index (χ0v) is 13.3. The van der Waals surface area contributed by atoms with Crippen LogP contribution < -0.4 is 5.32 Å². The smallest absolute Gasteiger partial charge is 0.255 e. The number of nitrogens with zero attached hydrogens (tertiary/aromatic N) is 1. The van der Waals surface area contributed by atoms with Crippen LogP contribution in [0.25, 0.3) is 10.2 Å². The zero-order chi connectivity index (χ0) is 14.8. The maximum absolute atomic E-state index is 12.2. The molecule has 0 aliphatic carbocycles. The predicted molar refractivity (Wildman–Crippen MR) is 90.5 cm³/mol. The van der Waals surface area contributed by atoms with Crippen LogP contribution in [0.1, 0.15) is 15.9 Å². The first-order chi connectivity index (χ1) is 10.2. The number of thioether (sulfide) groups is 1. The summed E-state index contributed by atoms with van der Waals surface area (Å²) in [7, 11) is 0. The topological polar surface area (TPSA) is 42.0 Å². The van der Waals surface area contributed by atoms with Crippen LogP contribution in [-0.4, -0.2) is 17.1 Å². The highest BCUT2D eigenvalue weighted by molar-refractivity contribution is 8.00. The summed E-state index contributed by atoms with van der Waals surface area (Å²) in [5.41, 5.74) is 3.57. The molecule has 1 heterocycles. The Hall–Kier alpha value is -1.85. The van der Waals surface area contributed by atoms with Gasteiger partial charge in [-0.2, -0.15) is 0 Å². The Morgan fingerprint density at radius 3 is 2.67 bits per heavy atom. The van der Waals surface area contributed by atoms with E-state index in [2.05, 4.69) is 10.3 Å². The number of fused-ring (bicyclic) bond motifs is 1. The molecule has 0 fully saturated rings. The van der Waals surface area contributed by atoms with Gasteiger partial charge >= 0.3 is 0 Å². The van der Waals surface area contributed by atoms with Crippen molar-refractivity contribution in [3.05, 3.63) is 53.6 Å². The molecular formula is C16H14N2OS2. The Kier molecular flexibility index (Phi) is 3.94. The lowest BCUT2D eigenvalue weighted by Crippen LogP contribution is -2.11. The van der Waals surface area contributed by atoms with Gasteiger partial charge in [-0.15, -0.1) is 11.3 Å². The Labute approximate surface area is 131 Å². The van der Waals surface area contributed by atoms with E-state index in [1.165, 1.54) is 0 Å². The average molecular weight is 314 g/mol. The standard InChI is InChI=1S/C16H14N2OS2/c1-10-3-5-11(6-4-10)15(19)17-12-7-8-13-14(9-12)21-16(18-13)20-2/h3-9H,1-2H3,(H,17,19). The van der Waals surface area contributed by atoms with Crippen molar-refractivity contribution in [1.29, 1.82) is 0 Å². The number of anilines is 1. The summed E-state index contributed by atoms with van der Waals surface area (Å²) in [5.74, 6) is -0.0936. The maximum Gasteiger partial charge on any atom is 0.255 e. The number of hydrogen-bond donors (Lipinski definition) is 1. The van der Waals surface area contributed by atoms with Crippen molar-refractivity contribution >= 4 is 44.9 Å². The van der Waals surface area contributed by atoms with Gasteiger partial charge in [0.25, 0.3) is 5.91 Å². The molecule has 0 bridgehead atoms. The monoisotopic (exact) mass is 314 g/mol. The molecule has 1 amide bonds. The molecule has 3 aromatic rings. The van der Waals surface area contributed by atoms with Gasteiger partial charge < -0.3 is 5.32 Å². The number of carbonyl (C=O) groups is 1. The van der Waals surface area contributed by atoms with Crippen LogP contribution in [0.5, 0.6) is 0 Å². The first-order valence-corrected chi connectivity index (χ1v) is 8.52. The van der Waals surface area contributed by atoms with E-state index < -0.39 is 0 Å². The van der Waals surface area contributed by atoms with Gasteiger partial charge in [0.2, 0.25) is 0 Å². The van der Waals surface area contributed by atoms with Gasteiger partial charge in [0.1, 0.15) is 0 Å². The molecule has 0 spiro atoms. The van der Waals surface area contributed by atoms with Crippen molar-refractivity contribution in [2.45, 2.75) is 11.3 Å². The highest BCUT2D eigenvalue weighted by Gasteiger charge is 2.08. The molecule has 0 unspecified atom stereocenters. The quantitative estimate of drug-likeness (QED) is 0.720. The van der Waals surface area contributed by atoms with Crippen LogP contribution >= 0.6 is 23.1 Å². The average Bonchev–Trinajstić information content (AvgIpc) is 2.90. The minimum Gasteiger partial charge on any atom is -0.322 e. The third-order valence-electron chi connectivity index (χ3n) is 3.12. The first kappa shape index (κ1) is 14.1. The Morgan fingerprint density at radius 2 is 1.95 bits per heavy atom. The van der Waals surface area contributed by atoms with E-state index in [1.54, 1.807) is 23.1 Å². The zero-order valence-electron chi connectivity index (χ0n) is 11.7. The fourth-order valence-electron chi connectivity index (χ4n) is 1.98. The number of aromatic nitrogens is 1. The molecule has 1 aromatic heterocycles. The normalized spacial score (nSPS) is 10.8. The molecule has 3 nitrogen and oxygen atoms in total. The van der Waals surface area contributed by atoms with E-state index in [0.717, 1.165) is 25.8 Å². The van der Waals surface area contributed by atoms with E-state index in [0.29, 0.717) is 5.56 Å². The highest BCUT2D eigenvalue weighted by Crippen LogP contribution is 2.30. The summed E-state index contributed by atoms with van der Waals surface area (Å²) in [6, 6.07) is 13.3. The van der Waals surface area contributed by atoms with E-state index >= 15 is 0 Å². The SMILES string of the molecule is CSc1nc2ccc(NC(=O)c3ccc(C)cc3)cc2s1. The van der Waals surface area contributed by atoms with E-state index in [-0.39, 0.29) is 5.91 Å². The molecule has 0 saturated carbocycles. The predicted octanol–water partition coefficient (Wildman–Crippen LogP) is 4.58. The van der Waals surface area contributed by atoms with Crippen LogP contribution in [0.3, 0.4) is 0 Å². The van der Waals surface area contributed by atoms with E-state index in [4.69, 9.17) is 0 Å². The van der Waals surface area contributed by atoms with Crippen molar-refractivity contribution in [1.82, 2.24) is 4.98 Å². The van der Waals surface area contributed by atoms with Crippen molar-refractivity contribution in [3.63, 3.8) is 0 Å². The molecule has 1 N–H and O–H groups in total. The third-order valence-corrected chi connectivity index (χ3v) is 5.12. The third kappa shape index (κ3) is 3.09. The summed E-state index contributed by atoms with van der Waals surface area (Å²) in [4.78, 5) is 16.7. The molecule has 0 aliphatic rings. The lowest BCUT2D eigenvalue weighted by Gasteiger charge is -2.05. The molecule has 5 heteroatoms. The second-order valence-corrected chi connectivity index (χ2v) is 6.77. The number of rotatable bonds is 3. The van der Waals surface area contributed by atoms with Gasteiger partial charge in [-0.1, -0.05) is 29.5 Å². The molecule has 0 aliphatic heterocycles. The molecule has 21 heavy (non-hydrogen) atoms. The number of nitrogens with one attached hydrogen (secondary N) is 1. The molecule has 0 saturated heterocycles. The fourth-order valence-corrected chi connectivity index (χ4v) is 3.51. The number of aryl methyl sites for hydroxylation is 1.